The molecule has 0 aromatic carbocycles. The summed E-state index contributed by atoms with van der Waals surface area (Å²) in [7, 11) is 0. The summed E-state index contributed by atoms with van der Waals surface area (Å²) in [6.07, 6.45) is 71.3. The Balaban J connectivity index is 4.51. The minimum absolute atomic E-state index is 0.119. The van der Waals surface area contributed by atoms with E-state index in [1.165, 1.54) is 141 Å². The van der Waals surface area contributed by atoms with Crippen LogP contribution in [0.15, 0.2) is 97.2 Å². The van der Waals surface area contributed by atoms with Crippen LogP contribution in [0.25, 0.3) is 0 Å². The Morgan fingerprint density at radius 1 is 0.333 bits per heavy atom. The van der Waals surface area contributed by atoms with Crippen molar-refractivity contribution in [2.24, 2.45) is 0 Å². The first-order valence-corrected chi connectivity index (χ1v) is 27.3. The van der Waals surface area contributed by atoms with Crippen LogP contribution in [-0.2, 0) is 28.6 Å². The van der Waals surface area contributed by atoms with Crippen molar-refractivity contribution in [3.05, 3.63) is 97.2 Å². The van der Waals surface area contributed by atoms with E-state index in [9.17, 15) is 14.4 Å². The van der Waals surface area contributed by atoms with Crippen molar-refractivity contribution in [1.29, 1.82) is 0 Å². The summed E-state index contributed by atoms with van der Waals surface area (Å²) in [5, 5.41) is 0. The Kier molecular flexibility index (Phi) is 50.9. The van der Waals surface area contributed by atoms with Crippen LogP contribution in [0, 0.1) is 0 Å². The summed E-state index contributed by atoms with van der Waals surface area (Å²) in [4.78, 5) is 38.0. The van der Waals surface area contributed by atoms with Crippen LogP contribution in [0.4, 0.5) is 0 Å². The lowest BCUT2D eigenvalue weighted by Gasteiger charge is -2.18. The van der Waals surface area contributed by atoms with Crippen molar-refractivity contribution >= 4 is 17.9 Å². The summed E-state index contributed by atoms with van der Waals surface area (Å²) in [6.45, 7) is 6.39. The highest BCUT2D eigenvalue weighted by Gasteiger charge is 2.19. The number of ether oxygens (including phenoxy) is 3. The van der Waals surface area contributed by atoms with E-state index >= 15 is 0 Å². The maximum Gasteiger partial charge on any atom is 0.306 e. The second-order valence-corrected chi connectivity index (χ2v) is 17.9. The molecular weight excluding hydrogens is 817 g/mol. The number of unbranched alkanes of at least 4 members (excludes halogenated alkanes) is 25. The Morgan fingerprint density at radius 2 is 0.667 bits per heavy atom. The molecule has 6 heteroatoms. The van der Waals surface area contributed by atoms with Gasteiger partial charge in [0.25, 0.3) is 0 Å². The first-order valence-electron chi connectivity index (χ1n) is 27.3. The number of carbonyl (C=O) groups is 3. The molecule has 0 aromatic heterocycles. The standard InChI is InChI=1S/C60H100O6/c1-4-7-10-13-16-19-22-25-27-29-31-32-35-38-41-44-47-50-53-59(62)65-56-57(55-64-58(61)52-49-46-43-40-37-34-24-21-18-15-12-9-6-3)66-60(63)54-51-48-45-42-39-36-33-30-28-26-23-20-17-14-11-8-5-2/h9,12,15,18,21,24,26,28,33-34,36-37,40,42-43,45,57H,4-8,10-11,13-14,16-17,19-20,22-23,25,27,29-32,35,38-39,41,44,46-56H2,1-3H3/b12-9+,18-15+,24-21+,28-26+,36-33+,37-34+,43-40+,45-42+. The minimum atomic E-state index is -0.832. The summed E-state index contributed by atoms with van der Waals surface area (Å²) in [5.74, 6) is -1.05. The zero-order valence-corrected chi connectivity index (χ0v) is 42.9. The number of allylic oxidation sites excluding steroid dienone is 16. The van der Waals surface area contributed by atoms with E-state index in [0.717, 1.165) is 51.4 Å². The molecule has 0 spiro atoms. The molecule has 0 saturated carbocycles. The van der Waals surface area contributed by atoms with Crippen molar-refractivity contribution in [2.45, 2.75) is 252 Å². The fourth-order valence-corrected chi connectivity index (χ4v) is 7.37. The molecule has 0 rings (SSSR count). The van der Waals surface area contributed by atoms with Gasteiger partial charge in [0.2, 0.25) is 0 Å². The van der Waals surface area contributed by atoms with Gasteiger partial charge in [-0.2, -0.15) is 0 Å². The van der Waals surface area contributed by atoms with Gasteiger partial charge in [0.1, 0.15) is 13.2 Å². The van der Waals surface area contributed by atoms with Crippen molar-refractivity contribution in [3.63, 3.8) is 0 Å². The van der Waals surface area contributed by atoms with Gasteiger partial charge in [-0.05, 0) is 64.2 Å². The van der Waals surface area contributed by atoms with Crippen molar-refractivity contribution in [2.75, 3.05) is 13.2 Å². The highest BCUT2D eigenvalue weighted by molar-refractivity contribution is 5.71. The quantitative estimate of drug-likeness (QED) is 0.0199. The first-order chi connectivity index (χ1) is 32.5. The smallest absolute Gasteiger partial charge is 0.306 e. The molecule has 376 valence electrons. The average Bonchev–Trinajstić information content (AvgIpc) is 3.31. The molecule has 0 fully saturated rings. The van der Waals surface area contributed by atoms with Crippen LogP contribution >= 0.6 is 0 Å². The molecule has 0 aliphatic heterocycles. The lowest BCUT2D eigenvalue weighted by molar-refractivity contribution is -0.167. The number of hydrogen-bond acceptors (Lipinski definition) is 6. The summed E-state index contributed by atoms with van der Waals surface area (Å²) in [5.41, 5.74) is 0. The zero-order chi connectivity index (χ0) is 47.9. The van der Waals surface area contributed by atoms with Gasteiger partial charge in [0.15, 0.2) is 6.10 Å². The molecule has 0 aromatic rings. The molecular formula is C60H100O6. The Labute approximate surface area is 407 Å². The summed E-state index contributed by atoms with van der Waals surface area (Å²) >= 11 is 0. The Morgan fingerprint density at radius 3 is 1.12 bits per heavy atom. The number of carbonyl (C=O) groups excluding carboxylic acids is 3. The van der Waals surface area contributed by atoms with Crippen LogP contribution in [0.1, 0.15) is 245 Å². The third-order valence-electron chi connectivity index (χ3n) is 11.5. The van der Waals surface area contributed by atoms with Gasteiger partial charge in [0, 0.05) is 19.3 Å². The monoisotopic (exact) mass is 917 g/mol. The zero-order valence-electron chi connectivity index (χ0n) is 42.9. The molecule has 0 saturated heterocycles. The highest BCUT2D eigenvalue weighted by atomic mass is 16.6. The Bertz CT molecular complexity index is 1330. The van der Waals surface area contributed by atoms with Gasteiger partial charge in [-0.1, -0.05) is 259 Å². The van der Waals surface area contributed by atoms with Crippen LogP contribution in [0.5, 0.6) is 0 Å². The number of rotatable bonds is 48. The van der Waals surface area contributed by atoms with E-state index in [1.54, 1.807) is 0 Å². The van der Waals surface area contributed by atoms with Gasteiger partial charge in [-0.3, -0.25) is 14.4 Å². The molecule has 0 amide bonds. The molecule has 0 N–H and O–H groups in total. The number of esters is 3. The van der Waals surface area contributed by atoms with Gasteiger partial charge in [0.05, 0.1) is 0 Å². The van der Waals surface area contributed by atoms with E-state index in [1.807, 2.05) is 54.7 Å². The maximum absolute atomic E-state index is 12.8. The third-order valence-corrected chi connectivity index (χ3v) is 11.5. The van der Waals surface area contributed by atoms with Crippen LogP contribution in [-0.4, -0.2) is 37.2 Å². The van der Waals surface area contributed by atoms with Gasteiger partial charge in [-0.25, -0.2) is 0 Å². The topological polar surface area (TPSA) is 78.9 Å². The predicted molar refractivity (Wildman–Crippen MR) is 284 cm³/mol. The Hall–Kier alpha value is -3.67. The first kappa shape index (κ1) is 62.3. The van der Waals surface area contributed by atoms with Gasteiger partial charge in [-0.15, -0.1) is 0 Å². The van der Waals surface area contributed by atoms with E-state index in [-0.39, 0.29) is 44.0 Å². The van der Waals surface area contributed by atoms with E-state index in [2.05, 4.69) is 63.3 Å². The SMILES string of the molecule is CC/C=C/C=C/C=C/C=C/C=C/CCCC(=O)OCC(COC(=O)CCCCCCCCCCCCCCCCCCCC)OC(=O)CCC/C=C/C/C=C/C/C=C/CCCCCCCC. The molecule has 0 bridgehead atoms. The summed E-state index contributed by atoms with van der Waals surface area (Å²) < 4.78 is 16.7. The van der Waals surface area contributed by atoms with E-state index in [4.69, 9.17) is 14.2 Å². The normalized spacial score (nSPS) is 12.8. The second kappa shape index (κ2) is 53.9. The number of hydrogen-bond donors (Lipinski definition) is 0. The molecule has 1 unspecified atom stereocenters. The molecule has 66 heavy (non-hydrogen) atoms. The molecule has 6 nitrogen and oxygen atoms in total. The van der Waals surface area contributed by atoms with E-state index < -0.39 is 6.10 Å². The molecule has 0 heterocycles. The van der Waals surface area contributed by atoms with Crippen LogP contribution < -0.4 is 0 Å². The van der Waals surface area contributed by atoms with Crippen molar-refractivity contribution < 1.29 is 28.6 Å². The fraction of sp³-hybridized carbons (Fsp3) is 0.683. The largest absolute Gasteiger partial charge is 0.462 e. The lowest BCUT2D eigenvalue weighted by Crippen LogP contribution is -2.30. The lowest BCUT2D eigenvalue weighted by atomic mass is 10.0. The predicted octanol–water partition coefficient (Wildman–Crippen LogP) is 18.1. The highest BCUT2D eigenvalue weighted by Crippen LogP contribution is 2.15. The van der Waals surface area contributed by atoms with Crippen LogP contribution in [0.3, 0.4) is 0 Å². The third kappa shape index (κ3) is 51.3. The molecule has 1 atom stereocenters. The summed E-state index contributed by atoms with van der Waals surface area (Å²) in [6, 6.07) is 0. The van der Waals surface area contributed by atoms with E-state index in [0.29, 0.717) is 19.3 Å². The van der Waals surface area contributed by atoms with Gasteiger partial charge >= 0.3 is 17.9 Å². The molecule has 0 aliphatic carbocycles. The van der Waals surface area contributed by atoms with Crippen molar-refractivity contribution in [1.82, 2.24) is 0 Å². The molecule has 0 radical (unpaired) electrons. The molecule has 0 aliphatic rings. The van der Waals surface area contributed by atoms with Crippen LogP contribution in [0.2, 0.25) is 0 Å². The van der Waals surface area contributed by atoms with Crippen molar-refractivity contribution in [3.8, 4) is 0 Å². The van der Waals surface area contributed by atoms with Gasteiger partial charge < -0.3 is 14.2 Å². The maximum atomic E-state index is 12.8. The minimum Gasteiger partial charge on any atom is -0.462 e. The average molecular weight is 917 g/mol. The second-order valence-electron chi connectivity index (χ2n) is 17.9. The fourth-order valence-electron chi connectivity index (χ4n) is 7.37.